The molecule has 1 heterocycles. The molecule has 0 aromatic rings. The Balaban J connectivity index is 2.81. The molecule has 0 amide bonds. The average molecular weight is 252 g/mol. The maximum absolute atomic E-state index is 12.1. The van der Waals surface area contributed by atoms with Gasteiger partial charge >= 0.3 is 24.6 Å². The third kappa shape index (κ3) is 2.91. The Hall–Kier alpha value is 0.750. The van der Waals surface area contributed by atoms with E-state index in [1.807, 2.05) is 0 Å². The van der Waals surface area contributed by atoms with Crippen LogP contribution in [0.5, 0.6) is 0 Å². The highest BCUT2D eigenvalue weighted by atomic mass is 31.4. The van der Waals surface area contributed by atoms with Crippen molar-refractivity contribution >= 4 is 24.6 Å². The van der Waals surface area contributed by atoms with Gasteiger partial charge in [-0.15, -0.1) is 0 Å². The van der Waals surface area contributed by atoms with Crippen LogP contribution in [-0.2, 0) is 0 Å². The number of nitrogens with one attached hydrogen (secondary N) is 3. The molecule has 1 saturated heterocycles. The van der Waals surface area contributed by atoms with Crippen molar-refractivity contribution in [3.63, 3.8) is 0 Å². The normalized spacial score (nSPS) is 31.5. The van der Waals surface area contributed by atoms with Gasteiger partial charge in [0.05, 0.1) is 14.6 Å². The third-order valence-corrected chi connectivity index (χ3v) is 6.78. The Kier molecular flexibility index (Phi) is 2.59. The van der Waals surface area contributed by atoms with Crippen molar-refractivity contribution in [3.8, 4) is 0 Å². The highest BCUT2D eigenvalue weighted by Gasteiger charge is 2.81. The second-order valence-corrected chi connectivity index (χ2v) is 7.32. The largest absolute Gasteiger partial charge is 0.611 e. The van der Waals surface area contributed by atoms with E-state index in [1.54, 1.807) is 0 Å². The molecule has 0 radical (unpaired) electrons. The van der Waals surface area contributed by atoms with Crippen LogP contribution in [0.25, 0.3) is 0 Å². The lowest BCUT2D eigenvalue weighted by Gasteiger charge is -2.12. The van der Waals surface area contributed by atoms with Gasteiger partial charge in [0.25, 0.3) is 0 Å². The fraction of sp³-hybridized carbons (Fsp3) is 0. The van der Waals surface area contributed by atoms with Gasteiger partial charge < -0.3 is 0 Å². The van der Waals surface area contributed by atoms with Crippen molar-refractivity contribution in [1.29, 1.82) is 0 Å². The summed E-state index contributed by atoms with van der Waals surface area (Å²) in [6.07, 6.45) is 0. The molecule has 1 rings (SSSR count). The van der Waals surface area contributed by atoms with E-state index in [0.29, 0.717) is 14.6 Å². The molecule has 1 aliphatic heterocycles. The summed E-state index contributed by atoms with van der Waals surface area (Å²) in [6.45, 7) is 0. The van der Waals surface area contributed by atoms with E-state index >= 15 is 0 Å². The van der Waals surface area contributed by atoms with Crippen LogP contribution in [-0.4, -0.2) is 0 Å². The predicted molar refractivity (Wildman–Crippen MR) is 36.8 cm³/mol. The molecule has 12 heavy (non-hydrogen) atoms. The summed E-state index contributed by atoms with van der Waals surface area (Å²) < 4.78 is 72.8. The van der Waals surface area contributed by atoms with Crippen LogP contribution >= 0.6 is 24.6 Å². The molecule has 0 aliphatic carbocycles. The summed E-state index contributed by atoms with van der Waals surface area (Å²) in [6, 6.07) is 0. The Morgan fingerprint density at radius 1 is 0.500 bits per heavy atom. The number of rotatable bonds is 0. The van der Waals surface area contributed by atoms with Gasteiger partial charge in [-0.25, -0.2) is 0 Å². The highest BCUT2D eigenvalue weighted by Crippen LogP contribution is 2.83. The van der Waals surface area contributed by atoms with Crippen LogP contribution in [0, 0.1) is 0 Å². The van der Waals surface area contributed by atoms with E-state index in [9.17, 15) is 25.2 Å². The lowest BCUT2D eigenvalue weighted by atomic mass is 13.8. The van der Waals surface area contributed by atoms with Crippen molar-refractivity contribution in [1.82, 2.24) is 14.6 Å². The molecule has 1 fully saturated rings. The van der Waals surface area contributed by atoms with Gasteiger partial charge in [-0.2, -0.15) is 0 Å². The molecule has 12 heteroatoms. The van der Waals surface area contributed by atoms with Crippen molar-refractivity contribution in [3.05, 3.63) is 0 Å². The van der Waals surface area contributed by atoms with Gasteiger partial charge in [0.1, 0.15) is 0 Å². The van der Waals surface area contributed by atoms with Crippen molar-refractivity contribution in [2.24, 2.45) is 0 Å². The van der Waals surface area contributed by atoms with Crippen LogP contribution in [0.2, 0.25) is 0 Å². The number of halogens is 6. The zero-order chi connectivity index (χ0) is 9.62. The maximum atomic E-state index is 12.1. The molecule has 3 N–H and O–H groups in total. The van der Waals surface area contributed by atoms with Gasteiger partial charge in [-0.3, -0.25) is 0 Å². The molecule has 0 saturated carbocycles. The van der Waals surface area contributed by atoms with E-state index in [1.165, 1.54) is 0 Å². The Bertz CT molecular complexity index is 145. The van der Waals surface area contributed by atoms with Crippen molar-refractivity contribution in [2.75, 3.05) is 0 Å². The molecular formula is H3F6N3P3+3. The maximum Gasteiger partial charge on any atom is 0.611 e. The SMILES string of the molecule is F[P+]1(F)N[P+](F)(F)N[P+](F)(F)N1. The Labute approximate surface area is 65.3 Å². The molecule has 72 valence electrons. The summed E-state index contributed by atoms with van der Waals surface area (Å²) in [7, 11) is -16.6. The molecule has 3 nitrogen and oxygen atoms in total. The molecule has 0 unspecified atom stereocenters. The van der Waals surface area contributed by atoms with E-state index in [2.05, 4.69) is 0 Å². The summed E-state index contributed by atoms with van der Waals surface area (Å²) in [5.41, 5.74) is 0. The average Bonchev–Trinajstić information content (AvgIpc) is 1.44. The minimum Gasteiger partial charge on any atom is 0.0292 e. The smallest absolute Gasteiger partial charge is 0.0292 e. The fourth-order valence-electron chi connectivity index (χ4n) is 0.540. The standard InChI is InChI=1S/F6H3N3P3/c1-10(2)7-11(3,4)9-12(5,6)8-10/h7-9H/q+3. The van der Waals surface area contributed by atoms with Gasteiger partial charge in [-0.05, 0) is 0 Å². The van der Waals surface area contributed by atoms with Crippen molar-refractivity contribution < 1.29 is 25.2 Å². The number of hydrogen-bond donors (Lipinski definition) is 3. The first-order chi connectivity index (χ1) is 5.12. The lowest BCUT2D eigenvalue weighted by Crippen LogP contribution is -2.33. The minimum absolute atomic E-state index is 0.569. The van der Waals surface area contributed by atoms with E-state index in [4.69, 9.17) is 0 Å². The first-order valence-electron chi connectivity index (χ1n) is 2.36. The summed E-state index contributed by atoms with van der Waals surface area (Å²) >= 11 is 0. The number of hydrogen-bond acceptors (Lipinski definition) is 3. The zero-order valence-electron chi connectivity index (χ0n) is 5.11. The highest BCUT2D eigenvalue weighted by molar-refractivity contribution is 7.92. The molecule has 0 aromatic carbocycles. The fourth-order valence-corrected chi connectivity index (χ4v) is 6.07. The van der Waals surface area contributed by atoms with Crippen LogP contribution < -0.4 is 14.6 Å². The van der Waals surface area contributed by atoms with E-state index in [-0.39, 0.29) is 0 Å². The van der Waals surface area contributed by atoms with E-state index < -0.39 is 24.6 Å². The summed E-state index contributed by atoms with van der Waals surface area (Å²) in [5, 5.41) is 0. The van der Waals surface area contributed by atoms with E-state index in [0.717, 1.165) is 0 Å². The van der Waals surface area contributed by atoms with Gasteiger partial charge in [-0.1, -0.05) is 0 Å². The van der Waals surface area contributed by atoms with Gasteiger partial charge in [0.15, 0.2) is 0 Å². The predicted octanol–water partition coefficient (Wildman–Crippen LogP) is 3.62. The molecular weight excluding hydrogens is 249 g/mol. The third-order valence-electron chi connectivity index (χ3n) is 0.754. The summed E-state index contributed by atoms with van der Waals surface area (Å²) in [5.74, 6) is 0. The lowest BCUT2D eigenvalue weighted by molar-refractivity contribution is 0.590. The van der Waals surface area contributed by atoms with Crippen LogP contribution in [0.3, 0.4) is 0 Å². The molecule has 0 aromatic heterocycles. The Morgan fingerprint density at radius 3 is 0.833 bits per heavy atom. The summed E-state index contributed by atoms with van der Waals surface area (Å²) in [4.78, 5) is 1.71. The minimum atomic E-state index is -5.54. The van der Waals surface area contributed by atoms with Gasteiger partial charge in [0.2, 0.25) is 0 Å². The first kappa shape index (κ1) is 10.8. The second kappa shape index (κ2) is 2.87. The van der Waals surface area contributed by atoms with Crippen LogP contribution in [0.1, 0.15) is 0 Å². The van der Waals surface area contributed by atoms with Crippen LogP contribution in [0.15, 0.2) is 0 Å². The first-order valence-corrected chi connectivity index (χ1v) is 7.07. The van der Waals surface area contributed by atoms with Crippen molar-refractivity contribution in [2.45, 2.75) is 0 Å². The topological polar surface area (TPSA) is 36.1 Å². The monoisotopic (exact) mass is 252 g/mol. The second-order valence-electron chi connectivity index (χ2n) is 1.84. The Morgan fingerprint density at radius 2 is 0.667 bits per heavy atom. The quantitative estimate of drug-likeness (QED) is 0.455. The molecule has 0 bridgehead atoms. The zero-order valence-corrected chi connectivity index (χ0v) is 7.79. The molecule has 0 atom stereocenters. The van der Waals surface area contributed by atoms with Gasteiger partial charge in [0, 0.05) is 25.2 Å². The molecule has 0 spiro atoms. The molecule has 1 aliphatic rings. The van der Waals surface area contributed by atoms with Crippen LogP contribution in [0.4, 0.5) is 25.2 Å².